The van der Waals surface area contributed by atoms with Gasteiger partial charge in [-0.05, 0) is 30.8 Å². The molecule has 1 nitrogen and oxygen atoms in total. The molecule has 0 radical (unpaired) electrons. The molecule has 0 aliphatic rings. The molecule has 1 N–H and O–H groups in total. The highest BCUT2D eigenvalue weighted by molar-refractivity contribution is 5.10. The average Bonchev–Trinajstić information content (AvgIpc) is 2.23. The number of hydrogen-bond acceptors (Lipinski definition) is 1. The molecular formula is C15H28O. The molecule has 0 aromatic heterocycles. The van der Waals surface area contributed by atoms with E-state index >= 15 is 0 Å². The molecule has 0 saturated carbocycles. The molecule has 0 bridgehead atoms. The fraction of sp³-hybridized carbons (Fsp3) is 0.733. The Hall–Kier alpha value is -0.560. The van der Waals surface area contributed by atoms with Gasteiger partial charge in [0.2, 0.25) is 0 Å². The summed E-state index contributed by atoms with van der Waals surface area (Å²) in [5.74, 6) is 1.61. The van der Waals surface area contributed by atoms with E-state index in [0.717, 1.165) is 23.8 Å². The summed E-state index contributed by atoms with van der Waals surface area (Å²) in [4.78, 5) is 0. The second kappa shape index (κ2) is 9.65. The zero-order chi connectivity index (χ0) is 12.4. The molecule has 94 valence electrons. The van der Waals surface area contributed by atoms with Gasteiger partial charge < -0.3 is 5.11 Å². The van der Waals surface area contributed by atoms with Gasteiger partial charge in [-0.1, -0.05) is 58.3 Å². The topological polar surface area (TPSA) is 20.2 Å². The van der Waals surface area contributed by atoms with E-state index in [-0.39, 0.29) is 6.61 Å². The Balaban J connectivity index is 3.60. The summed E-state index contributed by atoms with van der Waals surface area (Å²) in [5.41, 5.74) is 1.02. The maximum absolute atomic E-state index is 8.81. The lowest BCUT2D eigenvalue weighted by Crippen LogP contribution is -1.95. The Kier molecular flexibility index (Phi) is 9.31. The van der Waals surface area contributed by atoms with Crippen LogP contribution in [0.2, 0.25) is 0 Å². The predicted molar refractivity (Wildman–Crippen MR) is 72.5 cm³/mol. The van der Waals surface area contributed by atoms with Crippen LogP contribution in [-0.2, 0) is 0 Å². The molecule has 0 aliphatic heterocycles. The molecule has 0 rings (SSSR count). The lowest BCUT2D eigenvalue weighted by Gasteiger charge is -2.09. The van der Waals surface area contributed by atoms with Gasteiger partial charge in [0.1, 0.15) is 0 Å². The van der Waals surface area contributed by atoms with Crippen molar-refractivity contribution in [1.29, 1.82) is 0 Å². The van der Waals surface area contributed by atoms with Crippen LogP contribution in [-0.4, -0.2) is 11.7 Å². The van der Waals surface area contributed by atoms with Crippen molar-refractivity contribution in [2.24, 2.45) is 11.8 Å². The van der Waals surface area contributed by atoms with E-state index in [1.54, 1.807) is 0 Å². The molecule has 0 aliphatic carbocycles. The van der Waals surface area contributed by atoms with E-state index in [4.69, 9.17) is 5.11 Å². The highest BCUT2D eigenvalue weighted by atomic mass is 16.3. The van der Waals surface area contributed by atoms with Crippen LogP contribution in [0.4, 0.5) is 0 Å². The molecule has 0 heterocycles. The van der Waals surface area contributed by atoms with Crippen LogP contribution in [0.3, 0.4) is 0 Å². The molecule has 0 fully saturated rings. The lowest BCUT2D eigenvalue weighted by atomic mass is 9.97. The molecule has 0 spiro atoms. The summed E-state index contributed by atoms with van der Waals surface area (Å²) in [5, 5.41) is 8.81. The van der Waals surface area contributed by atoms with E-state index < -0.39 is 0 Å². The van der Waals surface area contributed by atoms with Gasteiger partial charge in [-0.2, -0.15) is 0 Å². The summed E-state index contributed by atoms with van der Waals surface area (Å²) >= 11 is 0. The Morgan fingerprint density at radius 1 is 1.19 bits per heavy atom. The summed E-state index contributed by atoms with van der Waals surface area (Å²) in [6.07, 6.45) is 11.4. The van der Waals surface area contributed by atoms with Gasteiger partial charge in [0.15, 0.2) is 0 Å². The summed E-state index contributed by atoms with van der Waals surface area (Å²) < 4.78 is 0. The molecule has 1 unspecified atom stereocenters. The van der Waals surface area contributed by atoms with E-state index in [0.29, 0.717) is 0 Å². The Labute approximate surface area is 101 Å². The van der Waals surface area contributed by atoms with E-state index in [2.05, 4.69) is 32.9 Å². The van der Waals surface area contributed by atoms with Crippen molar-refractivity contribution in [3.8, 4) is 0 Å². The van der Waals surface area contributed by atoms with Crippen molar-refractivity contribution in [3.05, 3.63) is 23.8 Å². The van der Waals surface area contributed by atoms with Crippen LogP contribution < -0.4 is 0 Å². The Morgan fingerprint density at radius 2 is 1.88 bits per heavy atom. The maximum atomic E-state index is 8.81. The average molecular weight is 224 g/mol. The van der Waals surface area contributed by atoms with Crippen LogP contribution in [0.1, 0.15) is 53.4 Å². The van der Waals surface area contributed by atoms with Crippen molar-refractivity contribution in [3.63, 3.8) is 0 Å². The van der Waals surface area contributed by atoms with Crippen LogP contribution in [0, 0.1) is 11.8 Å². The summed E-state index contributed by atoms with van der Waals surface area (Å²) in [6, 6.07) is 0. The third-order valence-electron chi connectivity index (χ3n) is 2.78. The number of hydrogen-bond donors (Lipinski definition) is 1. The molecule has 0 saturated heterocycles. The fourth-order valence-electron chi connectivity index (χ4n) is 1.59. The third-order valence-corrected chi connectivity index (χ3v) is 2.78. The van der Waals surface area contributed by atoms with Crippen LogP contribution in [0.25, 0.3) is 0 Å². The molecule has 0 amide bonds. The molecule has 1 atom stereocenters. The normalized spacial score (nSPS) is 15.0. The number of allylic oxidation sites excluding steroid dienone is 3. The van der Waals surface area contributed by atoms with Gasteiger partial charge >= 0.3 is 0 Å². The van der Waals surface area contributed by atoms with Crippen LogP contribution in [0.5, 0.6) is 0 Å². The van der Waals surface area contributed by atoms with E-state index in [1.807, 2.05) is 13.0 Å². The molecule has 16 heavy (non-hydrogen) atoms. The van der Waals surface area contributed by atoms with Crippen molar-refractivity contribution in [2.45, 2.75) is 53.4 Å². The Morgan fingerprint density at radius 3 is 2.44 bits per heavy atom. The summed E-state index contributed by atoms with van der Waals surface area (Å²) in [6.45, 7) is 8.98. The first-order valence-corrected chi connectivity index (χ1v) is 6.49. The van der Waals surface area contributed by atoms with Crippen LogP contribution in [0.15, 0.2) is 23.8 Å². The van der Waals surface area contributed by atoms with Gasteiger partial charge in [-0.25, -0.2) is 0 Å². The van der Waals surface area contributed by atoms with Gasteiger partial charge in [-0.3, -0.25) is 0 Å². The Bertz CT molecular complexity index is 213. The number of aliphatic hydroxyl groups excluding tert-OH is 1. The predicted octanol–water partition coefficient (Wildman–Crippen LogP) is 4.33. The monoisotopic (exact) mass is 224 g/mol. The minimum absolute atomic E-state index is 0.161. The lowest BCUT2D eigenvalue weighted by molar-refractivity contribution is 0.331. The quantitative estimate of drug-likeness (QED) is 0.608. The zero-order valence-electron chi connectivity index (χ0n) is 11.4. The first-order chi connectivity index (χ1) is 7.56. The van der Waals surface area contributed by atoms with Gasteiger partial charge in [0.05, 0.1) is 6.61 Å². The van der Waals surface area contributed by atoms with Gasteiger partial charge in [0.25, 0.3) is 0 Å². The standard InChI is InChI=1S/C15H28O/c1-13(2)8-7-11-14(3)9-5-6-10-15(4)12-16/h5-6,10,13-14,16H,7-9,11-12H2,1-4H3. The zero-order valence-corrected chi connectivity index (χ0v) is 11.4. The van der Waals surface area contributed by atoms with E-state index in [9.17, 15) is 0 Å². The first-order valence-electron chi connectivity index (χ1n) is 6.49. The number of aliphatic hydroxyl groups is 1. The smallest absolute Gasteiger partial charge is 0.0642 e. The first kappa shape index (κ1) is 15.4. The highest BCUT2D eigenvalue weighted by Gasteiger charge is 2.00. The second-order valence-electron chi connectivity index (χ2n) is 5.26. The van der Waals surface area contributed by atoms with Crippen molar-refractivity contribution in [2.75, 3.05) is 6.61 Å². The van der Waals surface area contributed by atoms with Crippen molar-refractivity contribution in [1.82, 2.24) is 0 Å². The molecule has 0 aromatic rings. The molecular weight excluding hydrogens is 196 g/mol. The maximum Gasteiger partial charge on any atom is 0.0642 e. The van der Waals surface area contributed by atoms with Gasteiger partial charge in [-0.15, -0.1) is 0 Å². The fourth-order valence-corrected chi connectivity index (χ4v) is 1.59. The molecule has 1 heteroatoms. The van der Waals surface area contributed by atoms with Crippen LogP contribution >= 0.6 is 0 Å². The second-order valence-corrected chi connectivity index (χ2v) is 5.26. The number of rotatable bonds is 8. The highest BCUT2D eigenvalue weighted by Crippen LogP contribution is 2.15. The largest absolute Gasteiger partial charge is 0.392 e. The third kappa shape index (κ3) is 9.97. The van der Waals surface area contributed by atoms with Crippen molar-refractivity contribution >= 4 is 0 Å². The summed E-state index contributed by atoms with van der Waals surface area (Å²) in [7, 11) is 0. The van der Waals surface area contributed by atoms with Crippen molar-refractivity contribution < 1.29 is 5.11 Å². The minimum Gasteiger partial charge on any atom is -0.392 e. The minimum atomic E-state index is 0.161. The van der Waals surface area contributed by atoms with Gasteiger partial charge in [0, 0.05) is 0 Å². The SMILES string of the molecule is CC(=CC=CCC(C)CCCC(C)C)CO. The van der Waals surface area contributed by atoms with E-state index in [1.165, 1.54) is 19.3 Å². The molecule has 0 aromatic carbocycles.